The molecule has 1 unspecified atom stereocenters. The summed E-state index contributed by atoms with van der Waals surface area (Å²) >= 11 is 0. The van der Waals surface area contributed by atoms with Gasteiger partial charge < -0.3 is 5.73 Å². The van der Waals surface area contributed by atoms with Crippen LogP contribution in [0.3, 0.4) is 0 Å². The Morgan fingerprint density at radius 1 is 1.35 bits per heavy atom. The highest BCUT2D eigenvalue weighted by atomic mass is 15.3. The molecule has 90 valence electrons. The minimum absolute atomic E-state index is 0.205. The van der Waals surface area contributed by atoms with Crippen LogP contribution in [-0.4, -0.2) is 14.8 Å². The van der Waals surface area contributed by atoms with Crippen LogP contribution in [0.4, 0.5) is 0 Å². The topological polar surface area (TPSA) is 56.7 Å². The van der Waals surface area contributed by atoms with Gasteiger partial charge in [0.1, 0.15) is 0 Å². The Bertz CT molecular complexity index is 490. The molecule has 4 heteroatoms. The average Bonchev–Trinajstić information content (AvgIpc) is 2.77. The van der Waals surface area contributed by atoms with E-state index < -0.39 is 0 Å². The van der Waals surface area contributed by atoms with Crippen molar-refractivity contribution in [3.8, 4) is 0 Å². The fraction of sp³-hybridized carbons (Fsp3) is 0.385. The van der Waals surface area contributed by atoms with Gasteiger partial charge in [0, 0.05) is 18.9 Å². The molecule has 1 atom stereocenters. The quantitative estimate of drug-likeness (QED) is 0.874. The van der Waals surface area contributed by atoms with Crippen molar-refractivity contribution in [1.29, 1.82) is 0 Å². The predicted octanol–water partition coefficient (Wildman–Crippen LogP) is 2.04. The van der Waals surface area contributed by atoms with Crippen LogP contribution in [-0.2, 0) is 6.54 Å². The van der Waals surface area contributed by atoms with Crippen molar-refractivity contribution in [2.24, 2.45) is 5.73 Å². The van der Waals surface area contributed by atoms with Crippen LogP contribution in [0.1, 0.15) is 36.3 Å². The third-order valence-corrected chi connectivity index (χ3v) is 2.76. The first-order valence-corrected chi connectivity index (χ1v) is 5.92. The molecule has 0 saturated heterocycles. The fourth-order valence-electron chi connectivity index (χ4n) is 1.89. The molecule has 0 aliphatic rings. The van der Waals surface area contributed by atoms with E-state index in [2.05, 4.69) is 17.0 Å². The van der Waals surface area contributed by atoms with E-state index in [0.717, 1.165) is 24.4 Å². The van der Waals surface area contributed by atoms with Gasteiger partial charge in [-0.25, -0.2) is 0 Å². The molecule has 0 fully saturated rings. The van der Waals surface area contributed by atoms with Gasteiger partial charge in [0.25, 0.3) is 0 Å². The first-order chi connectivity index (χ1) is 8.22. The van der Waals surface area contributed by atoms with Crippen molar-refractivity contribution in [3.05, 3.63) is 47.5 Å². The van der Waals surface area contributed by atoms with E-state index in [-0.39, 0.29) is 6.04 Å². The number of rotatable bonds is 4. The monoisotopic (exact) mass is 230 g/mol. The summed E-state index contributed by atoms with van der Waals surface area (Å²) in [6.45, 7) is 5.06. The molecule has 0 amide bonds. The van der Waals surface area contributed by atoms with Crippen LogP contribution in [0.25, 0.3) is 0 Å². The lowest BCUT2D eigenvalue weighted by Gasteiger charge is -2.13. The van der Waals surface area contributed by atoms with Crippen molar-refractivity contribution in [1.82, 2.24) is 14.8 Å². The summed E-state index contributed by atoms with van der Waals surface area (Å²) in [7, 11) is 0. The smallest absolute Gasteiger partial charge is 0.0897 e. The Morgan fingerprint density at radius 2 is 2.18 bits per heavy atom. The highest BCUT2D eigenvalue weighted by Crippen LogP contribution is 2.18. The van der Waals surface area contributed by atoms with E-state index in [0.29, 0.717) is 0 Å². The molecule has 2 heterocycles. The summed E-state index contributed by atoms with van der Waals surface area (Å²) in [5.41, 5.74) is 9.32. The standard InChI is InChI=1S/C13H18N4/c1-3-8-17-12(5-7-16-17)13(14)11-9-10(2)4-6-15-11/h4-7,9,13H,3,8,14H2,1-2H3. The number of aromatic nitrogens is 3. The largest absolute Gasteiger partial charge is 0.318 e. The molecule has 4 nitrogen and oxygen atoms in total. The van der Waals surface area contributed by atoms with Crippen LogP contribution >= 0.6 is 0 Å². The molecular weight excluding hydrogens is 212 g/mol. The first kappa shape index (κ1) is 11.8. The summed E-state index contributed by atoms with van der Waals surface area (Å²) < 4.78 is 1.95. The van der Waals surface area contributed by atoms with E-state index >= 15 is 0 Å². The molecule has 2 aromatic heterocycles. The lowest BCUT2D eigenvalue weighted by molar-refractivity contribution is 0.557. The zero-order chi connectivity index (χ0) is 12.3. The van der Waals surface area contributed by atoms with Crippen LogP contribution in [0.15, 0.2) is 30.6 Å². The van der Waals surface area contributed by atoms with Crippen molar-refractivity contribution < 1.29 is 0 Å². The Labute approximate surface area is 101 Å². The van der Waals surface area contributed by atoms with Crippen molar-refractivity contribution in [2.75, 3.05) is 0 Å². The van der Waals surface area contributed by atoms with Gasteiger partial charge in [-0.1, -0.05) is 6.92 Å². The molecule has 0 aromatic carbocycles. The van der Waals surface area contributed by atoms with Gasteiger partial charge >= 0.3 is 0 Å². The second-order valence-corrected chi connectivity index (χ2v) is 4.21. The first-order valence-electron chi connectivity index (χ1n) is 5.92. The summed E-state index contributed by atoms with van der Waals surface area (Å²) in [4.78, 5) is 4.33. The lowest BCUT2D eigenvalue weighted by atomic mass is 10.1. The zero-order valence-corrected chi connectivity index (χ0v) is 10.3. The van der Waals surface area contributed by atoms with Gasteiger partial charge in [-0.2, -0.15) is 5.10 Å². The zero-order valence-electron chi connectivity index (χ0n) is 10.3. The van der Waals surface area contributed by atoms with Crippen LogP contribution in [0.2, 0.25) is 0 Å². The summed E-state index contributed by atoms with van der Waals surface area (Å²) in [6.07, 6.45) is 4.63. The maximum absolute atomic E-state index is 6.24. The molecule has 17 heavy (non-hydrogen) atoms. The Kier molecular flexibility index (Phi) is 3.54. The van der Waals surface area contributed by atoms with Gasteiger partial charge in [0.05, 0.1) is 17.4 Å². The molecule has 0 aliphatic heterocycles. The maximum Gasteiger partial charge on any atom is 0.0897 e. The predicted molar refractivity (Wildman–Crippen MR) is 67.5 cm³/mol. The summed E-state index contributed by atoms with van der Waals surface area (Å²) in [5.74, 6) is 0. The van der Waals surface area contributed by atoms with Gasteiger partial charge in [0.2, 0.25) is 0 Å². The van der Waals surface area contributed by atoms with Crippen LogP contribution in [0, 0.1) is 6.92 Å². The average molecular weight is 230 g/mol. The lowest BCUT2D eigenvalue weighted by Crippen LogP contribution is -2.18. The number of aryl methyl sites for hydroxylation is 2. The second-order valence-electron chi connectivity index (χ2n) is 4.21. The van der Waals surface area contributed by atoms with E-state index in [1.807, 2.05) is 29.8 Å². The van der Waals surface area contributed by atoms with Gasteiger partial charge in [-0.05, 0) is 37.1 Å². The molecule has 0 spiro atoms. The normalized spacial score (nSPS) is 12.6. The molecule has 0 saturated carbocycles. The van der Waals surface area contributed by atoms with E-state index in [1.54, 1.807) is 12.4 Å². The molecule has 0 bridgehead atoms. The molecule has 0 radical (unpaired) electrons. The van der Waals surface area contributed by atoms with Gasteiger partial charge in [-0.3, -0.25) is 9.67 Å². The highest BCUT2D eigenvalue weighted by molar-refractivity contribution is 5.24. The van der Waals surface area contributed by atoms with Crippen LogP contribution in [0.5, 0.6) is 0 Å². The van der Waals surface area contributed by atoms with Crippen molar-refractivity contribution in [3.63, 3.8) is 0 Å². The van der Waals surface area contributed by atoms with Crippen molar-refractivity contribution in [2.45, 2.75) is 32.9 Å². The Hall–Kier alpha value is -1.68. The second kappa shape index (κ2) is 5.10. The SMILES string of the molecule is CCCn1nccc1C(N)c1cc(C)ccn1. The molecule has 2 rings (SSSR count). The Balaban J connectivity index is 2.30. The van der Waals surface area contributed by atoms with Crippen LogP contribution < -0.4 is 5.73 Å². The van der Waals surface area contributed by atoms with E-state index in [9.17, 15) is 0 Å². The summed E-state index contributed by atoms with van der Waals surface area (Å²) in [5, 5.41) is 4.28. The third kappa shape index (κ3) is 2.53. The van der Waals surface area contributed by atoms with E-state index in [1.165, 1.54) is 5.56 Å². The van der Waals surface area contributed by atoms with Gasteiger partial charge in [0.15, 0.2) is 0 Å². The Morgan fingerprint density at radius 3 is 2.88 bits per heavy atom. The summed E-state index contributed by atoms with van der Waals surface area (Å²) in [6, 6.07) is 5.75. The number of pyridine rings is 1. The number of hydrogen-bond acceptors (Lipinski definition) is 3. The molecule has 2 N–H and O–H groups in total. The third-order valence-electron chi connectivity index (χ3n) is 2.76. The van der Waals surface area contributed by atoms with E-state index in [4.69, 9.17) is 5.73 Å². The maximum atomic E-state index is 6.24. The minimum atomic E-state index is -0.205. The number of hydrogen-bond donors (Lipinski definition) is 1. The fourth-order valence-corrected chi connectivity index (χ4v) is 1.89. The van der Waals surface area contributed by atoms with Crippen molar-refractivity contribution >= 4 is 0 Å². The number of nitrogens with two attached hydrogens (primary N) is 1. The minimum Gasteiger partial charge on any atom is -0.318 e. The van der Waals surface area contributed by atoms with Gasteiger partial charge in [-0.15, -0.1) is 0 Å². The molecule has 0 aliphatic carbocycles. The number of nitrogens with zero attached hydrogens (tertiary/aromatic N) is 3. The molecular formula is C13H18N4. The highest BCUT2D eigenvalue weighted by Gasteiger charge is 2.14. The molecule has 2 aromatic rings.